The summed E-state index contributed by atoms with van der Waals surface area (Å²) in [6, 6.07) is 9.76. The minimum absolute atomic E-state index is 0.143. The second-order valence-electron chi connectivity index (χ2n) is 7.32. The van der Waals surface area contributed by atoms with Gasteiger partial charge in [0.25, 0.3) is 0 Å². The Bertz CT molecular complexity index is 1070. The lowest BCUT2D eigenvalue weighted by molar-refractivity contribution is -0.113. The van der Waals surface area contributed by atoms with Gasteiger partial charge in [-0.05, 0) is 44.4 Å². The summed E-state index contributed by atoms with van der Waals surface area (Å²) in [4.78, 5) is 18.8. The van der Waals surface area contributed by atoms with Crippen LogP contribution in [-0.2, 0) is 4.79 Å². The molecule has 1 fully saturated rings. The maximum atomic E-state index is 12.5. The highest BCUT2D eigenvalue weighted by molar-refractivity contribution is 7.99. The van der Waals surface area contributed by atoms with Crippen LogP contribution in [-0.4, -0.2) is 44.5 Å². The first-order valence-electron chi connectivity index (χ1n) is 10.0. The van der Waals surface area contributed by atoms with E-state index in [0.717, 1.165) is 37.6 Å². The van der Waals surface area contributed by atoms with Gasteiger partial charge in [0, 0.05) is 19.3 Å². The molecule has 1 saturated heterocycles. The van der Waals surface area contributed by atoms with Gasteiger partial charge in [-0.1, -0.05) is 52.7 Å². The van der Waals surface area contributed by atoms with Crippen molar-refractivity contribution in [2.75, 3.05) is 29.1 Å². The van der Waals surface area contributed by atoms with Crippen LogP contribution in [0.1, 0.15) is 24.8 Å². The fraction of sp³-hybridized carbons (Fsp3) is 0.333. The summed E-state index contributed by atoms with van der Waals surface area (Å²) in [7, 11) is 0. The van der Waals surface area contributed by atoms with Crippen molar-refractivity contribution in [3.63, 3.8) is 0 Å². The van der Waals surface area contributed by atoms with Crippen molar-refractivity contribution in [3.05, 3.63) is 52.1 Å². The van der Waals surface area contributed by atoms with E-state index < -0.39 is 0 Å². The number of aromatic nitrogens is 4. The molecule has 3 aromatic rings. The number of nitrogens with zero attached hydrogens (tertiary/aromatic N) is 5. The number of pyridine rings is 1. The van der Waals surface area contributed by atoms with Crippen LogP contribution in [0.25, 0.3) is 5.69 Å². The van der Waals surface area contributed by atoms with Crippen LogP contribution in [0.15, 0.2) is 41.7 Å². The Morgan fingerprint density at radius 2 is 1.87 bits per heavy atom. The molecular weight excluding hydrogens is 455 g/mol. The van der Waals surface area contributed by atoms with Crippen molar-refractivity contribution < 1.29 is 4.79 Å². The van der Waals surface area contributed by atoms with Crippen molar-refractivity contribution in [2.24, 2.45) is 0 Å². The quantitative estimate of drug-likeness (QED) is 0.504. The van der Waals surface area contributed by atoms with Crippen molar-refractivity contribution in [2.45, 2.75) is 31.3 Å². The molecule has 7 nitrogen and oxygen atoms in total. The Balaban J connectivity index is 1.54. The smallest absolute Gasteiger partial charge is 0.236 e. The molecule has 1 aromatic carbocycles. The molecule has 1 amide bonds. The van der Waals surface area contributed by atoms with E-state index in [4.69, 9.17) is 23.2 Å². The molecule has 10 heteroatoms. The third-order valence-electron chi connectivity index (χ3n) is 4.95. The van der Waals surface area contributed by atoms with E-state index in [1.54, 1.807) is 0 Å². The maximum absolute atomic E-state index is 12.5. The summed E-state index contributed by atoms with van der Waals surface area (Å²) in [5, 5.41) is 12.9. The molecule has 0 aliphatic carbocycles. The van der Waals surface area contributed by atoms with Crippen LogP contribution in [0.4, 0.5) is 11.8 Å². The summed E-state index contributed by atoms with van der Waals surface area (Å²) < 4.78 is 2.02. The van der Waals surface area contributed by atoms with Gasteiger partial charge in [0.1, 0.15) is 0 Å². The Kier molecular flexibility index (Phi) is 6.99. The first-order valence-corrected chi connectivity index (χ1v) is 11.8. The van der Waals surface area contributed by atoms with Gasteiger partial charge < -0.3 is 10.2 Å². The molecule has 0 unspecified atom stereocenters. The van der Waals surface area contributed by atoms with Crippen molar-refractivity contribution in [3.8, 4) is 5.69 Å². The molecule has 162 valence electrons. The predicted octanol–water partition coefficient (Wildman–Crippen LogP) is 5.00. The Labute approximate surface area is 195 Å². The molecule has 1 N–H and O–H groups in total. The van der Waals surface area contributed by atoms with Crippen LogP contribution in [0.2, 0.25) is 10.0 Å². The Morgan fingerprint density at radius 1 is 1.13 bits per heavy atom. The number of nitrogens with one attached hydrogen (secondary N) is 1. The molecular formula is C21H22Cl2N6OS. The number of hydrogen-bond donors (Lipinski definition) is 1. The highest BCUT2D eigenvalue weighted by atomic mass is 35.5. The van der Waals surface area contributed by atoms with Gasteiger partial charge >= 0.3 is 0 Å². The molecule has 0 atom stereocenters. The van der Waals surface area contributed by atoms with Crippen LogP contribution in [0, 0.1) is 6.92 Å². The lowest BCUT2D eigenvalue weighted by atomic mass is 10.1. The monoisotopic (exact) mass is 476 g/mol. The Morgan fingerprint density at radius 3 is 2.58 bits per heavy atom. The van der Waals surface area contributed by atoms with Crippen molar-refractivity contribution in [1.82, 2.24) is 19.7 Å². The second kappa shape index (κ2) is 9.89. The van der Waals surface area contributed by atoms with Gasteiger partial charge in [-0.2, -0.15) is 0 Å². The van der Waals surface area contributed by atoms with E-state index in [9.17, 15) is 4.79 Å². The molecule has 1 aliphatic rings. The molecule has 4 rings (SSSR count). The van der Waals surface area contributed by atoms with E-state index in [1.807, 2.05) is 16.7 Å². The second-order valence-corrected chi connectivity index (χ2v) is 9.11. The zero-order valence-electron chi connectivity index (χ0n) is 17.0. The van der Waals surface area contributed by atoms with Gasteiger partial charge in [-0.3, -0.25) is 9.36 Å². The van der Waals surface area contributed by atoms with Crippen LogP contribution in [0.5, 0.6) is 0 Å². The lowest BCUT2D eigenvalue weighted by Gasteiger charge is -2.27. The van der Waals surface area contributed by atoms with Crippen LogP contribution in [0.3, 0.4) is 0 Å². The van der Waals surface area contributed by atoms with E-state index >= 15 is 0 Å². The zero-order chi connectivity index (χ0) is 21.8. The summed E-state index contributed by atoms with van der Waals surface area (Å²) in [5.74, 6) is 1.00. The van der Waals surface area contributed by atoms with Gasteiger partial charge in [-0.25, -0.2) is 4.98 Å². The molecule has 2 aromatic heterocycles. The van der Waals surface area contributed by atoms with Crippen LogP contribution < -0.4 is 10.2 Å². The van der Waals surface area contributed by atoms with E-state index in [-0.39, 0.29) is 17.5 Å². The number of rotatable bonds is 6. The van der Waals surface area contributed by atoms with Gasteiger partial charge in [0.2, 0.25) is 11.9 Å². The number of thioether (sulfide) groups is 1. The topological polar surface area (TPSA) is 75.9 Å². The number of benzene rings is 1. The minimum atomic E-state index is -0.236. The third kappa shape index (κ3) is 5.31. The SMILES string of the molecule is Cc1ccc(-n2c(SCC(=O)Nc3ncc(Cl)cc3Cl)nnc2N2CCCCC2)cc1. The highest BCUT2D eigenvalue weighted by Gasteiger charge is 2.22. The minimum Gasteiger partial charge on any atom is -0.341 e. The number of hydrogen-bond acceptors (Lipinski definition) is 6. The number of carbonyl (C=O) groups excluding carboxylic acids is 1. The standard InChI is InChI=1S/C21H22Cl2N6OS/c1-14-5-7-16(8-6-14)29-20(28-9-3-2-4-10-28)26-27-21(29)31-13-18(30)25-19-17(23)11-15(22)12-24-19/h5-8,11-12H,2-4,9-10,13H2,1H3,(H,24,25,30). The fourth-order valence-corrected chi connectivity index (χ4v) is 4.55. The van der Waals surface area contributed by atoms with E-state index in [2.05, 4.69) is 44.5 Å². The average Bonchev–Trinajstić information content (AvgIpc) is 3.19. The Hall–Kier alpha value is -2.29. The number of halogens is 2. The van der Waals surface area contributed by atoms with Gasteiger partial charge in [-0.15, -0.1) is 10.2 Å². The third-order valence-corrected chi connectivity index (χ3v) is 6.37. The number of anilines is 2. The zero-order valence-corrected chi connectivity index (χ0v) is 19.3. The summed E-state index contributed by atoms with van der Waals surface area (Å²) in [5.41, 5.74) is 2.15. The number of carbonyl (C=O) groups is 1. The molecule has 0 bridgehead atoms. The summed E-state index contributed by atoms with van der Waals surface area (Å²) in [6.45, 7) is 3.96. The highest BCUT2D eigenvalue weighted by Crippen LogP contribution is 2.29. The fourth-order valence-electron chi connectivity index (χ4n) is 3.38. The molecule has 0 saturated carbocycles. The molecule has 3 heterocycles. The number of amides is 1. The largest absolute Gasteiger partial charge is 0.341 e. The molecule has 1 aliphatic heterocycles. The lowest BCUT2D eigenvalue weighted by Crippen LogP contribution is -2.31. The van der Waals surface area contributed by atoms with Crippen molar-refractivity contribution in [1.29, 1.82) is 0 Å². The van der Waals surface area contributed by atoms with Crippen molar-refractivity contribution >= 4 is 52.6 Å². The van der Waals surface area contributed by atoms with Gasteiger partial charge in [0.05, 0.1) is 21.5 Å². The summed E-state index contributed by atoms with van der Waals surface area (Å²) in [6.07, 6.45) is 4.95. The molecule has 31 heavy (non-hydrogen) atoms. The molecule has 0 spiro atoms. The first kappa shape index (κ1) is 21.9. The average molecular weight is 477 g/mol. The van der Waals surface area contributed by atoms with Gasteiger partial charge in [0.15, 0.2) is 11.0 Å². The predicted molar refractivity (Wildman–Crippen MR) is 126 cm³/mol. The first-order chi connectivity index (χ1) is 15.0. The summed E-state index contributed by atoms with van der Waals surface area (Å²) >= 11 is 13.3. The van der Waals surface area contributed by atoms with E-state index in [1.165, 1.54) is 36.0 Å². The number of piperidine rings is 1. The van der Waals surface area contributed by atoms with Crippen LogP contribution >= 0.6 is 35.0 Å². The van der Waals surface area contributed by atoms with E-state index in [0.29, 0.717) is 15.2 Å². The number of aryl methyl sites for hydroxylation is 1. The molecule has 0 radical (unpaired) electrons. The maximum Gasteiger partial charge on any atom is 0.236 e. The normalized spacial score (nSPS) is 14.0.